The molecule has 2 saturated heterocycles. The standard InChI is InChI=1S/C15H17FN2O2S/c1-9-3-4-10(16)7-11(9)17-14(20)12-8-21-15(2)6-5-13(19)18(12)15/h3-4,7,12H,5-6,8H2,1-2H3,(H,17,20)/t12-,15+/m1/s1. The number of anilines is 1. The van der Waals surface area contributed by atoms with E-state index >= 15 is 0 Å². The van der Waals surface area contributed by atoms with Crippen LogP contribution in [0, 0.1) is 12.7 Å². The average molecular weight is 308 g/mol. The lowest BCUT2D eigenvalue weighted by Crippen LogP contribution is -2.48. The van der Waals surface area contributed by atoms with Crippen LogP contribution in [-0.4, -0.2) is 33.4 Å². The van der Waals surface area contributed by atoms with Gasteiger partial charge in [-0.05, 0) is 38.0 Å². The van der Waals surface area contributed by atoms with Crippen LogP contribution in [0.15, 0.2) is 18.2 Å². The van der Waals surface area contributed by atoms with Crippen LogP contribution in [0.2, 0.25) is 0 Å². The van der Waals surface area contributed by atoms with E-state index in [2.05, 4.69) is 5.32 Å². The Labute approximate surface area is 127 Å². The van der Waals surface area contributed by atoms with Gasteiger partial charge < -0.3 is 10.2 Å². The van der Waals surface area contributed by atoms with E-state index in [1.54, 1.807) is 22.7 Å². The summed E-state index contributed by atoms with van der Waals surface area (Å²) in [6.45, 7) is 3.81. The summed E-state index contributed by atoms with van der Waals surface area (Å²) in [6.07, 6.45) is 1.27. The van der Waals surface area contributed by atoms with E-state index in [4.69, 9.17) is 0 Å². The van der Waals surface area contributed by atoms with Gasteiger partial charge in [0.1, 0.15) is 11.9 Å². The van der Waals surface area contributed by atoms with E-state index in [9.17, 15) is 14.0 Å². The summed E-state index contributed by atoms with van der Waals surface area (Å²) in [5, 5.41) is 2.76. The number of halogens is 1. The van der Waals surface area contributed by atoms with E-state index in [0.717, 1.165) is 12.0 Å². The van der Waals surface area contributed by atoms with Crippen molar-refractivity contribution >= 4 is 29.3 Å². The minimum absolute atomic E-state index is 0.0265. The summed E-state index contributed by atoms with van der Waals surface area (Å²) in [7, 11) is 0. The second-order valence-corrected chi connectivity index (χ2v) is 7.22. The summed E-state index contributed by atoms with van der Waals surface area (Å²) in [5.41, 5.74) is 1.26. The number of benzene rings is 1. The third kappa shape index (κ3) is 2.41. The fourth-order valence-corrected chi connectivity index (χ4v) is 4.39. The number of aryl methyl sites for hydroxylation is 1. The molecule has 3 rings (SSSR count). The minimum Gasteiger partial charge on any atom is -0.324 e. The summed E-state index contributed by atoms with van der Waals surface area (Å²) in [5.74, 6) is -0.0183. The Morgan fingerprint density at radius 1 is 1.52 bits per heavy atom. The van der Waals surface area contributed by atoms with Gasteiger partial charge in [-0.15, -0.1) is 11.8 Å². The van der Waals surface area contributed by atoms with E-state index in [1.165, 1.54) is 12.1 Å². The van der Waals surface area contributed by atoms with E-state index in [0.29, 0.717) is 17.9 Å². The first-order valence-corrected chi connectivity index (χ1v) is 7.92. The molecule has 0 aromatic heterocycles. The lowest BCUT2D eigenvalue weighted by atomic mass is 10.1. The van der Waals surface area contributed by atoms with Gasteiger partial charge in [-0.2, -0.15) is 0 Å². The molecule has 2 heterocycles. The molecular formula is C15H17FN2O2S. The second kappa shape index (κ2) is 5.02. The number of thioether (sulfide) groups is 1. The molecule has 2 amide bonds. The third-order valence-corrected chi connectivity index (χ3v) is 5.71. The molecule has 112 valence electrons. The lowest BCUT2D eigenvalue weighted by Gasteiger charge is -2.30. The number of nitrogens with zero attached hydrogens (tertiary/aromatic N) is 1. The number of carbonyl (C=O) groups excluding carboxylic acids is 2. The van der Waals surface area contributed by atoms with Crippen molar-refractivity contribution in [3.63, 3.8) is 0 Å². The number of hydrogen-bond donors (Lipinski definition) is 1. The molecule has 2 aliphatic rings. The highest BCUT2D eigenvalue weighted by atomic mass is 32.2. The largest absolute Gasteiger partial charge is 0.324 e. The Hall–Kier alpha value is -1.56. The fourth-order valence-electron chi connectivity index (χ4n) is 2.96. The Morgan fingerprint density at radius 2 is 2.29 bits per heavy atom. The number of nitrogens with one attached hydrogen (secondary N) is 1. The molecule has 4 nitrogen and oxygen atoms in total. The van der Waals surface area contributed by atoms with Gasteiger partial charge in [-0.1, -0.05) is 6.07 Å². The predicted molar refractivity (Wildman–Crippen MR) is 80.5 cm³/mol. The monoisotopic (exact) mass is 308 g/mol. The summed E-state index contributed by atoms with van der Waals surface area (Å²) in [4.78, 5) is 25.9. The van der Waals surface area contributed by atoms with Crippen LogP contribution in [0.25, 0.3) is 0 Å². The molecule has 0 saturated carbocycles. The van der Waals surface area contributed by atoms with Gasteiger partial charge in [0.25, 0.3) is 0 Å². The molecule has 0 radical (unpaired) electrons. The van der Waals surface area contributed by atoms with Crippen molar-refractivity contribution in [1.82, 2.24) is 4.90 Å². The Bertz CT molecular complexity index is 622. The first-order valence-electron chi connectivity index (χ1n) is 6.94. The molecule has 0 bridgehead atoms. The van der Waals surface area contributed by atoms with Crippen LogP contribution in [0.3, 0.4) is 0 Å². The molecule has 0 aliphatic carbocycles. The lowest BCUT2D eigenvalue weighted by molar-refractivity contribution is -0.135. The van der Waals surface area contributed by atoms with Crippen LogP contribution in [0.1, 0.15) is 25.3 Å². The molecule has 0 unspecified atom stereocenters. The Balaban J connectivity index is 1.80. The number of rotatable bonds is 2. The van der Waals surface area contributed by atoms with Crippen LogP contribution in [-0.2, 0) is 9.59 Å². The molecule has 2 fully saturated rings. The van der Waals surface area contributed by atoms with Gasteiger partial charge in [-0.3, -0.25) is 9.59 Å². The maximum atomic E-state index is 13.3. The van der Waals surface area contributed by atoms with Crippen molar-refractivity contribution in [2.45, 2.75) is 37.6 Å². The third-order valence-electron chi connectivity index (χ3n) is 4.20. The first kappa shape index (κ1) is 14.4. The van der Waals surface area contributed by atoms with Crippen molar-refractivity contribution < 1.29 is 14.0 Å². The zero-order valence-corrected chi connectivity index (χ0v) is 12.8. The van der Waals surface area contributed by atoms with Crippen molar-refractivity contribution in [3.05, 3.63) is 29.6 Å². The van der Waals surface area contributed by atoms with Crippen molar-refractivity contribution in [2.75, 3.05) is 11.1 Å². The normalized spacial score (nSPS) is 27.9. The molecule has 0 spiro atoms. The zero-order valence-electron chi connectivity index (χ0n) is 12.0. The topological polar surface area (TPSA) is 49.4 Å². The van der Waals surface area contributed by atoms with Crippen LogP contribution < -0.4 is 5.32 Å². The minimum atomic E-state index is -0.474. The summed E-state index contributed by atoms with van der Waals surface area (Å²) < 4.78 is 13.3. The highest BCUT2D eigenvalue weighted by Gasteiger charge is 2.52. The number of hydrogen-bond acceptors (Lipinski definition) is 3. The van der Waals surface area contributed by atoms with Crippen LogP contribution >= 0.6 is 11.8 Å². The molecule has 2 aliphatic heterocycles. The van der Waals surface area contributed by atoms with Crippen molar-refractivity contribution in [3.8, 4) is 0 Å². The SMILES string of the molecule is Cc1ccc(F)cc1NC(=O)[C@H]1CS[C@@]2(C)CCC(=O)N12. The molecule has 1 aromatic rings. The maximum Gasteiger partial charge on any atom is 0.248 e. The summed E-state index contributed by atoms with van der Waals surface area (Å²) >= 11 is 1.64. The molecule has 1 aromatic carbocycles. The quantitative estimate of drug-likeness (QED) is 0.913. The Morgan fingerprint density at radius 3 is 3.05 bits per heavy atom. The maximum absolute atomic E-state index is 13.3. The van der Waals surface area contributed by atoms with Gasteiger partial charge in [-0.25, -0.2) is 4.39 Å². The van der Waals surface area contributed by atoms with Gasteiger partial charge in [0.2, 0.25) is 11.8 Å². The highest BCUT2D eigenvalue weighted by Crippen LogP contribution is 2.47. The number of carbonyl (C=O) groups is 2. The Kier molecular flexibility index (Phi) is 3.43. The number of amides is 2. The van der Waals surface area contributed by atoms with Crippen molar-refractivity contribution in [2.24, 2.45) is 0 Å². The molecular weight excluding hydrogens is 291 g/mol. The van der Waals surface area contributed by atoms with E-state index < -0.39 is 11.9 Å². The molecule has 6 heteroatoms. The fraction of sp³-hybridized carbons (Fsp3) is 0.467. The summed E-state index contributed by atoms with van der Waals surface area (Å²) in [6, 6.07) is 3.81. The van der Waals surface area contributed by atoms with E-state index in [-0.39, 0.29) is 16.7 Å². The van der Waals surface area contributed by atoms with Crippen LogP contribution in [0.5, 0.6) is 0 Å². The van der Waals surface area contributed by atoms with Gasteiger partial charge in [0.15, 0.2) is 0 Å². The predicted octanol–water partition coefficient (Wildman–Crippen LogP) is 2.53. The van der Waals surface area contributed by atoms with Gasteiger partial charge in [0.05, 0.1) is 4.87 Å². The average Bonchev–Trinajstić information content (AvgIpc) is 2.91. The van der Waals surface area contributed by atoms with Gasteiger partial charge in [0, 0.05) is 17.9 Å². The molecule has 21 heavy (non-hydrogen) atoms. The molecule has 1 N–H and O–H groups in total. The smallest absolute Gasteiger partial charge is 0.248 e. The number of fused-ring (bicyclic) bond motifs is 1. The molecule has 2 atom stereocenters. The van der Waals surface area contributed by atoms with Crippen LogP contribution in [0.4, 0.5) is 10.1 Å². The van der Waals surface area contributed by atoms with Crippen molar-refractivity contribution in [1.29, 1.82) is 0 Å². The highest BCUT2D eigenvalue weighted by molar-refractivity contribution is 8.01. The van der Waals surface area contributed by atoms with Gasteiger partial charge >= 0.3 is 0 Å². The zero-order chi connectivity index (χ0) is 15.2. The first-order chi connectivity index (χ1) is 9.90. The second-order valence-electron chi connectivity index (χ2n) is 5.71. The van der Waals surface area contributed by atoms with E-state index in [1.807, 2.05) is 13.8 Å².